The molecule has 0 aliphatic rings. The lowest BCUT2D eigenvalue weighted by molar-refractivity contribution is 0.0601. The van der Waals surface area contributed by atoms with E-state index in [9.17, 15) is 4.79 Å². The molecule has 2 aromatic rings. The molecule has 20 heavy (non-hydrogen) atoms. The van der Waals surface area contributed by atoms with Gasteiger partial charge in [0.1, 0.15) is 5.03 Å². The molecule has 0 amide bonds. The van der Waals surface area contributed by atoms with Crippen LogP contribution in [-0.4, -0.2) is 18.1 Å². The minimum Gasteiger partial charge on any atom is -0.465 e. The molecule has 1 aromatic heterocycles. The van der Waals surface area contributed by atoms with Crippen molar-refractivity contribution in [1.29, 1.82) is 0 Å². The third-order valence-electron chi connectivity index (χ3n) is 2.46. The molecule has 0 radical (unpaired) electrons. The summed E-state index contributed by atoms with van der Waals surface area (Å²) in [5.74, 6) is -0.510. The van der Waals surface area contributed by atoms with Gasteiger partial charge in [-0.25, -0.2) is 9.78 Å². The number of esters is 1. The smallest absolute Gasteiger partial charge is 0.340 e. The normalized spacial score (nSPS) is 10.3. The zero-order valence-electron chi connectivity index (χ0n) is 10.4. The molecule has 1 heterocycles. The number of halogens is 2. The maximum Gasteiger partial charge on any atom is 0.340 e. The second-order valence-electron chi connectivity index (χ2n) is 3.75. The third kappa shape index (κ3) is 3.17. The van der Waals surface area contributed by atoms with Crippen LogP contribution in [0.3, 0.4) is 0 Å². The summed E-state index contributed by atoms with van der Waals surface area (Å²) in [5.41, 5.74) is 6.45. The van der Waals surface area contributed by atoms with Gasteiger partial charge in [0, 0.05) is 16.1 Å². The first-order valence-electron chi connectivity index (χ1n) is 5.48. The van der Waals surface area contributed by atoms with Gasteiger partial charge in [-0.15, -0.1) is 0 Å². The molecule has 0 saturated heterocycles. The van der Waals surface area contributed by atoms with Gasteiger partial charge in [0.15, 0.2) is 0 Å². The SMILES string of the molecule is COC(=O)c1ccnc(Sc2cc(Cl)ccc2Cl)c1N. The molecule has 2 N–H and O–H groups in total. The van der Waals surface area contributed by atoms with Crippen LogP contribution in [0.5, 0.6) is 0 Å². The molecule has 0 bridgehead atoms. The molecular weight excluding hydrogens is 319 g/mol. The fourth-order valence-electron chi connectivity index (χ4n) is 1.48. The van der Waals surface area contributed by atoms with E-state index in [-0.39, 0.29) is 11.3 Å². The number of hydrogen-bond acceptors (Lipinski definition) is 5. The highest BCUT2D eigenvalue weighted by atomic mass is 35.5. The van der Waals surface area contributed by atoms with Gasteiger partial charge < -0.3 is 10.5 Å². The van der Waals surface area contributed by atoms with Crippen LogP contribution in [0.1, 0.15) is 10.4 Å². The highest BCUT2D eigenvalue weighted by Gasteiger charge is 2.15. The van der Waals surface area contributed by atoms with Crippen molar-refractivity contribution in [3.63, 3.8) is 0 Å². The number of ether oxygens (including phenoxy) is 1. The molecular formula is C13H10Cl2N2O2S. The molecule has 0 spiro atoms. The summed E-state index contributed by atoms with van der Waals surface area (Å²) in [5, 5.41) is 1.56. The Bertz CT molecular complexity index is 665. The quantitative estimate of drug-likeness (QED) is 0.865. The fourth-order valence-corrected chi connectivity index (χ4v) is 2.85. The monoisotopic (exact) mass is 328 g/mol. The van der Waals surface area contributed by atoms with Crippen LogP contribution in [0.15, 0.2) is 40.4 Å². The number of aromatic nitrogens is 1. The van der Waals surface area contributed by atoms with Crippen molar-refractivity contribution >= 4 is 46.6 Å². The summed E-state index contributed by atoms with van der Waals surface area (Å²) in [7, 11) is 1.29. The molecule has 0 aliphatic heterocycles. The molecule has 0 saturated carbocycles. The first kappa shape index (κ1) is 15.0. The number of nitrogens with zero attached hydrogens (tertiary/aromatic N) is 1. The first-order chi connectivity index (χ1) is 9.52. The number of anilines is 1. The number of nitrogens with two attached hydrogens (primary N) is 1. The van der Waals surface area contributed by atoms with Crippen LogP contribution in [0, 0.1) is 0 Å². The number of nitrogen functional groups attached to an aromatic ring is 1. The summed E-state index contributed by atoms with van der Waals surface area (Å²) in [6.45, 7) is 0. The maximum atomic E-state index is 11.6. The van der Waals surface area contributed by atoms with Crippen molar-refractivity contribution in [1.82, 2.24) is 4.98 Å². The Hall–Kier alpha value is -1.43. The summed E-state index contributed by atoms with van der Waals surface area (Å²) in [6.07, 6.45) is 1.49. The van der Waals surface area contributed by atoms with Crippen LogP contribution in [0.25, 0.3) is 0 Å². The van der Waals surface area contributed by atoms with E-state index in [1.165, 1.54) is 31.1 Å². The van der Waals surface area contributed by atoms with Crippen LogP contribution in [0.4, 0.5) is 5.69 Å². The van der Waals surface area contributed by atoms with Gasteiger partial charge in [0.2, 0.25) is 0 Å². The van der Waals surface area contributed by atoms with Crippen molar-refractivity contribution in [2.45, 2.75) is 9.92 Å². The van der Waals surface area contributed by atoms with Crippen LogP contribution < -0.4 is 5.73 Å². The lowest BCUT2D eigenvalue weighted by Gasteiger charge is -2.09. The molecule has 0 fully saturated rings. The summed E-state index contributed by atoms with van der Waals surface area (Å²) < 4.78 is 4.66. The predicted molar refractivity (Wildman–Crippen MR) is 80.6 cm³/mol. The van der Waals surface area contributed by atoms with Crippen LogP contribution in [0.2, 0.25) is 10.0 Å². The van der Waals surface area contributed by atoms with E-state index < -0.39 is 5.97 Å². The van der Waals surface area contributed by atoms with Gasteiger partial charge in [0.25, 0.3) is 0 Å². The summed E-state index contributed by atoms with van der Waals surface area (Å²) in [6, 6.07) is 6.59. The third-order valence-corrected chi connectivity index (χ3v) is 4.21. The number of benzene rings is 1. The predicted octanol–water partition coefficient (Wildman–Crippen LogP) is 3.91. The largest absolute Gasteiger partial charge is 0.465 e. The molecule has 4 nitrogen and oxygen atoms in total. The Kier molecular flexibility index (Phi) is 4.75. The lowest BCUT2D eigenvalue weighted by Crippen LogP contribution is -2.07. The Morgan fingerprint density at radius 1 is 1.35 bits per heavy atom. The van der Waals surface area contributed by atoms with Gasteiger partial charge in [-0.2, -0.15) is 0 Å². The van der Waals surface area contributed by atoms with Crippen molar-refractivity contribution in [3.8, 4) is 0 Å². The molecule has 1 aromatic carbocycles. The first-order valence-corrected chi connectivity index (χ1v) is 7.06. The second kappa shape index (κ2) is 6.35. The van der Waals surface area contributed by atoms with Crippen LogP contribution >= 0.6 is 35.0 Å². The molecule has 2 rings (SSSR count). The number of pyridine rings is 1. The fraction of sp³-hybridized carbons (Fsp3) is 0.0769. The maximum absolute atomic E-state index is 11.6. The summed E-state index contributed by atoms with van der Waals surface area (Å²) in [4.78, 5) is 16.4. The highest BCUT2D eigenvalue weighted by Crippen LogP contribution is 2.37. The van der Waals surface area contributed by atoms with Crippen molar-refractivity contribution in [2.75, 3.05) is 12.8 Å². The standard InChI is InChI=1S/C13H10Cl2N2O2S/c1-19-13(18)8-4-5-17-12(11(8)16)20-10-6-7(14)2-3-9(10)15/h2-6H,16H2,1H3. The van der Waals surface area contributed by atoms with E-state index in [2.05, 4.69) is 9.72 Å². The number of hydrogen-bond donors (Lipinski definition) is 1. The van der Waals surface area contributed by atoms with Gasteiger partial charge in [0.05, 0.1) is 23.4 Å². The van der Waals surface area contributed by atoms with Crippen molar-refractivity contribution < 1.29 is 9.53 Å². The average molecular weight is 329 g/mol. The van der Waals surface area contributed by atoms with Crippen LogP contribution in [-0.2, 0) is 4.74 Å². The molecule has 0 unspecified atom stereocenters. The van der Waals surface area contributed by atoms with Gasteiger partial charge in [-0.1, -0.05) is 35.0 Å². The van der Waals surface area contributed by atoms with E-state index in [1.807, 2.05) is 0 Å². The van der Waals surface area contributed by atoms with Crippen molar-refractivity contribution in [3.05, 3.63) is 46.1 Å². The number of rotatable bonds is 3. The average Bonchev–Trinajstić information content (AvgIpc) is 2.44. The van der Waals surface area contributed by atoms with Gasteiger partial charge >= 0.3 is 5.97 Å². The number of carbonyl (C=O) groups is 1. The number of methoxy groups -OCH3 is 1. The Balaban J connectivity index is 2.39. The zero-order chi connectivity index (χ0) is 14.7. The Morgan fingerprint density at radius 2 is 2.10 bits per heavy atom. The van der Waals surface area contributed by atoms with E-state index in [4.69, 9.17) is 28.9 Å². The minimum atomic E-state index is -0.510. The van der Waals surface area contributed by atoms with E-state index in [0.29, 0.717) is 20.0 Å². The van der Waals surface area contributed by atoms with Crippen molar-refractivity contribution in [2.24, 2.45) is 0 Å². The van der Waals surface area contributed by atoms with E-state index in [1.54, 1.807) is 18.2 Å². The summed E-state index contributed by atoms with van der Waals surface area (Å²) >= 11 is 13.3. The highest BCUT2D eigenvalue weighted by molar-refractivity contribution is 7.99. The Labute approximate surface area is 130 Å². The van der Waals surface area contributed by atoms with Gasteiger partial charge in [-0.05, 0) is 24.3 Å². The topological polar surface area (TPSA) is 65.2 Å². The number of carbonyl (C=O) groups excluding carboxylic acids is 1. The molecule has 104 valence electrons. The van der Waals surface area contributed by atoms with E-state index >= 15 is 0 Å². The second-order valence-corrected chi connectivity index (χ2v) is 5.62. The minimum absolute atomic E-state index is 0.250. The van der Waals surface area contributed by atoms with E-state index in [0.717, 1.165) is 0 Å². The molecule has 7 heteroatoms. The Morgan fingerprint density at radius 3 is 2.80 bits per heavy atom. The molecule has 0 atom stereocenters. The van der Waals surface area contributed by atoms with Gasteiger partial charge in [-0.3, -0.25) is 0 Å². The molecule has 0 aliphatic carbocycles. The zero-order valence-corrected chi connectivity index (χ0v) is 12.7. The lowest BCUT2D eigenvalue weighted by atomic mass is 10.2.